The number of halogens is 2. The predicted molar refractivity (Wildman–Crippen MR) is 231 cm³/mol. The summed E-state index contributed by atoms with van der Waals surface area (Å²) in [4.78, 5) is 40.4. The van der Waals surface area contributed by atoms with Gasteiger partial charge >= 0.3 is 111 Å². The van der Waals surface area contributed by atoms with E-state index in [1.807, 2.05) is 0 Å². The number of benzene rings is 5. The van der Waals surface area contributed by atoms with Gasteiger partial charge in [-0.05, 0) is 66.9 Å². The van der Waals surface area contributed by atoms with Gasteiger partial charge in [-0.25, -0.2) is 14.8 Å². The van der Waals surface area contributed by atoms with E-state index in [-0.39, 0.29) is 145 Å². The molecule has 72 heavy (non-hydrogen) atoms. The molecular weight excluding hydrogens is 1130 g/mol. The van der Waals surface area contributed by atoms with E-state index in [0.29, 0.717) is 29.6 Å². The first kappa shape index (κ1) is 63.8. The van der Waals surface area contributed by atoms with Gasteiger partial charge in [-0.15, -0.1) is 15.3 Å². The molecule has 0 saturated heterocycles. The van der Waals surface area contributed by atoms with Crippen LogP contribution < -0.4 is 115 Å². The molecule has 0 aliphatic carbocycles. The van der Waals surface area contributed by atoms with Crippen molar-refractivity contribution in [1.29, 1.82) is 0 Å². The van der Waals surface area contributed by atoms with Crippen LogP contribution in [0.25, 0.3) is 16.5 Å². The molecule has 0 bridgehead atoms. The Labute approximate surface area is 491 Å². The number of nitro benzene ring substituents is 1. The molecule has 0 spiro atoms. The molecule has 7 aromatic rings. The van der Waals surface area contributed by atoms with Gasteiger partial charge in [0.2, 0.25) is 0 Å². The quantitative estimate of drug-likeness (QED) is 0.0204. The number of nitrogens with zero attached hydrogens (tertiary/aromatic N) is 7. The van der Waals surface area contributed by atoms with Gasteiger partial charge in [0.05, 0.1) is 37.3 Å². The van der Waals surface area contributed by atoms with E-state index in [2.05, 4.69) is 45.8 Å². The first-order chi connectivity index (χ1) is 31.7. The third-order valence-corrected chi connectivity index (χ3v) is 11.8. The number of phenolic OH excluding ortho intramolecular Hbond substituents is 1. The van der Waals surface area contributed by atoms with Crippen molar-refractivity contribution in [2.24, 2.45) is 20.5 Å². The number of aryl methyl sites for hydroxylation is 1. The number of hydrogen-bond acceptors (Lipinski definition) is 18. The summed E-state index contributed by atoms with van der Waals surface area (Å²) in [5.74, 6) is -3.49. The minimum atomic E-state index is -5.03. The molecule has 5 aromatic carbocycles. The molecule has 2 heterocycles. The number of rotatable bonds is 12. The number of carbonyl (C=O) groups is 1. The molecule has 9 N–H and O–H groups in total. The van der Waals surface area contributed by atoms with Crippen LogP contribution in [0.4, 0.5) is 40.1 Å². The number of fused-ring (bicyclic) bond motifs is 1. The Morgan fingerprint density at radius 1 is 0.792 bits per heavy atom. The Morgan fingerprint density at radius 3 is 1.93 bits per heavy atom. The fourth-order valence-electron chi connectivity index (χ4n) is 5.80. The van der Waals surface area contributed by atoms with Gasteiger partial charge in [0, 0.05) is 63.1 Å². The van der Waals surface area contributed by atoms with Gasteiger partial charge in [-0.2, -0.15) is 40.3 Å². The van der Waals surface area contributed by atoms with Gasteiger partial charge in [0.1, 0.15) is 22.0 Å². The second-order valence-electron chi connectivity index (χ2n) is 13.4. The zero-order valence-corrected chi connectivity index (χ0v) is 48.1. The maximum Gasteiger partial charge on any atom is 1.00 e. The molecule has 0 aliphatic rings. The number of hydrogen-bond donors (Lipinski definition) is 7. The maximum absolute atomic E-state index is 12.6. The normalized spacial score (nSPS) is 11.4. The van der Waals surface area contributed by atoms with Crippen LogP contribution in [-0.2, 0) is 47.7 Å². The number of phenols is 1. The molecular formula is C36H26Cl2CrN11Na3O16S3+4. The molecule has 0 unspecified atom stereocenters. The predicted octanol–water partition coefficient (Wildman–Crippen LogP) is -3.65. The Morgan fingerprint density at radius 2 is 1.38 bits per heavy atom. The second kappa shape index (κ2) is 25.8. The van der Waals surface area contributed by atoms with Crippen LogP contribution in [0.15, 0.2) is 125 Å². The number of non-ortho nitro benzene ring substituents is 1. The SMILES string of the molecule is Cc1[nH]n(-c2ccccc2)c(=O)c1N=Nc1cc([N+](=O)[O-])cc(S(=O)(=O)O)c1[O-].O=C(O)c1cc(S(=O)(=O)O)ccc1N=Nc1c(S(=O)(=O)O)cc2ccc(Nc3[nH+]c(Cl)nc(Cl)[nH+]3)cc2c1O.[Cr].[Na+].[Na+].[Na+]. The van der Waals surface area contributed by atoms with Crippen LogP contribution in [0.1, 0.15) is 16.1 Å². The summed E-state index contributed by atoms with van der Waals surface area (Å²) in [5, 5.41) is 63.8. The molecule has 0 fully saturated rings. The first-order valence-corrected chi connectivity index (χ1v) is 23.0. The number of aromatic nitrogens is 5. The van der Waals surface area contributed by atoms with Crippen molar-refractivity contribution in [1.82, 2.24) is 14.8 Å². The molecule has 0 aliphatic heterocycles. The number of anilines is 2. The van der Waals surface area contributed by atoms with Crippen molar-refractivity contribution in [2.45, 2.75) is 21.6 Å². The van der Waals surface area contributed by atoms with E-state index in [9.17, 15) is 69.4 Å². The van der Waals surface area contributed by atoms with E-state index in [4.69, 9.17) is 27.8 Å². The van der Waals surface area contributed by atoms with Gasteiger partial charge < -0.3 is 15.3 Å². The number of nitrogens with one attached hydrogen (secondary N) is 4. The molecule has 0 radical (unpaired) electrons. The van der Waals surface area contributed by atoms with E-state index in [1.54, 1.807) is 30.3 Å². The average Bonchev–Trinajstić information content (AvgIpc) is 3.53. The van der Waals surface area contributed by atoms with Gasteiger partial charge in [-0.3, -0.25) is 33.7 Å². The monoisotopic (exact) mass is 1150 g/mol. The minimum Gasteiger partial charge on any atom is -0.870 e. The minimum absolute atomic E-state index is 0. The Kier molecular flexibility index (Phi) is 22.8. The van der Waals surface area contributed by atoms with Crippen LogP contribution in [0.2, 0.25) is 10.6 Å². The summed E-state index contributed by atoms with van der Waals surface area (Å²) < 4.78 is 98.7. The number of carboxylic acid groups (broad SMARTS) is 1. The van der Waals surface area contributed by atoms with Crippen molar-refractivity contribution in [3.05, 3.63) is 127 Å². The number of aromatic amines is 3. The Bertz CT molecular complexity index is 3690. The number of H-pyrrole nitrogens is 3. The van der Waals surface area contributed by atoms with Crippen molar-refractivity contribution in [3.8, 4) is 17.2 Å². The fourth-order valence-corrected chi connectivity index (χ4v) is 7.97. The van der Waals surface area contributed by atoms with Crippen molar-refractivity contribution >= 4 is 110 Å². The van der Waals surface area contributed by atoms with E-state index < -0.39 is 101 Å². The molecule has 7 rings (SSSR count). The summed E-state index contributed by atoms with van der Waals surface area (Å²) >= 11 is 11.7. The summed E-state index contributed by atoms with van der Waals surface area (Å²) in [6.45, 7) is 1.52. The standard InChI is InChI=1S/C20H12Cl2N6O9S2.C16H13N5O7S.Cr.3Na/c21-18-24-19(22)26-20(25-18)23-9-2-1-8-5-14(39(35,36)37)15(16(29)11(8)6-9)28-27-13-4-3-10(38(32,33)34)7-12(13)17(30)31;1-9-14(16(23)20(19-9)10-5-3-2-4-6-10)18-17-12-7-11(21(24)25)8-13(15(12)22)29(26,27)28;;;;/h1-7,29H,(H,30,31)(H,32,33,34)(H,35,36,37)(H,23,24,25,26);2-8,19,22H,1H3,(H,26,27,28);;;;/q;;;3*+1/p+1. The van der Waals surface area contributed by atoms with E-state index in [0.717, 1.165) is 18.2 Å². The summed E-state index contributed by atoms with van der Waals surface area (Å²) in [6.07, 6.45) is 0. The maximum atomic E-state index is 12.6. The Balaban J connectivity index is 0.000000485. The number of azo groups is 2. The summed E-state index contributed by atoms with van der Waals surface area (Å²) in [5.41, 5.74) is -3.09. The average molecular weight is 1160 g/mol. The number of para-hydroxylation sites is 1. The van der Waals surface area contributed by atoms with Gasteiger partial charge in [-0.1, -0.05) is 23.9 Å². The van der Waals surface area contributed by atoms with Gasteiger partial charge in [0.25, 0.3) is 41.6 Å². The number of aromatic carboxylic acids is 1. The molecule has 0 atom stereocenters. The Hall–Kier alpha value is -4.31. The summed E-state index contributed by atoms with van der Waals surface area (Å²) in [7, 11) is -14.8. The van der Waals surface area contributed by atoms with Crippen LogP contribution in [0, 0.1) is 17.0 Å². The zero-order chi connectivity index (χ0) is 50.0. The fraction of sp³-hybridized carbons (Fsp3) is 0.0278. The molecule has 36 heteroatoms. The van der Waals surface area contributed by atoms with Crippen LogP contribution >= 0.6 is 23.2 Å². The van der Waals surface area contributed by atoms with Gasteiger partial charge in [0.15, 0.2) is 11.4 Å². The summed E-state index contributed by atoms with van der Waals surface area (Å²) in [6, 6.07) is 17.2. The number of aromatic hydroxyl groups is 1. The smallest absolute Gasteiger partial charge is 0.870 e. The second-order valence-corrected chi connectivity index (χ2v) is 18.3. The number of nitro groups is 1. The van der Waals surface area contributed by atoms with E-state index in [1.165, 1.54) is 29.8 Å². The van der Waals surface area contributed by atoms with E-state index >= 15 is 0 Å². The molecule has 358 valence electrons. The first-order valence-electron chi connectivity index (χ1n) is 18.0. The molecule has 0 saturated carbocycles. The largest absolute Gasteiger partial charge is 1.00 e. The third-order valence-electron chi connectivity index (χ3n) is 8.83. The van der Waals surface area contributed by atoms with Crippen molar-refractivity contribution in [3.63, 3.8) is 0 Å². The zero-order valence-electron chi connectivity index (χ0n) is 36.8. The molecule has 0 amide bonds. The van der Waals surface area contributed by atoms with Crippen LogP contribution in [0.5, 0.6) is 11.5 Å². The third kappa shape index (κ3) is 15.4. The van der Waals surface area contributed by atoms with Crippen molar-refractivity contribution in [2.75, 3.05) is 5.32 Å². The van der Waals surface area contributed by atoms with Crippen LogP contribution in [0.3, 0.4) is 0 Å². The molecule has 27 nitrogen and oxygen atoms in total. The van der Waals surface area contributed by atoms with Crippen LogP contribution in [-0.4, -0.2) is 74.8 Å². The molecule has 2 aromatic heterocycles. The number of carboxylic acids is 1. The topological polar surface area (TPSA) is 427 Å². The van der Waals surface area contributed by atoms with Crippen molar-refractivity contribution < 1.29 is 180 Å².